The van der Waals surface area contributed by atoms with Crippen molar-refractivity contribution in [2.24, 2.45) is 5.73 Å². The quantitative estimate of drug-likeness (QED) is 0.709. The Morgan fingerprint density at radius 2 is 2.50 bits per heavy atom. The Hall–Kier alpha value is -1.22. The molecule has 0 radical (unpaired) electrons. The third-order valence-electron chi connectivity index (χ3n) is 1.70. The van der Waals surface area contributed by atoms with Crippen LogP contribution in [0.25, 0.3) is 0 Å². The lowest BCUT2D eigenvalue weighted by molar-refractivity contribution is -0.118. The fourth-order valence-corrected chi connectivity index (χ4v) is 0.917. The van der Waals surface area contributed by atoms with Gasteiger partial charge in [-0.3, -0.25) is 9.78 Å². The summed E-state index contributed by atoms with van der Waals surface area (Å²) in [5.41, 5.74) is 6.57. The van der Waals surface area contributed by atoms with Gasteiger partial charge in [-0.25, -0.2) is 0 Å². The zero-order valence-corrected chi connectivity index (χ0v) is 7.03. The maximum atomic E-state index is 10.8. The second-order valence-corrected chi connectivity index (χ2v) is 2.78. The van der Waals surface area contributed by atoms with Gasteiger partial charge in [-0.05, 0) is 25.0 Å². The van der Waals surface area contributed by atoms with E-state index in [-0.39, 0.29) is 5.78 Å². The normalized spacial score (nSPS) is 12.5. The molecule has 0 amide bonds. The number of pyridine rings is 1. The number of nitrogens with two attached hydrogens (primary N) is 1. The largest absolute Gasteiger partial charge is 0.321 e. The molecule has 0 bridgehead atoms. The average molecular weight is 164 g/mol. The van der Waals surface area contributed by atoms with E-state index in [4.69, 9.17) is 5.73 Å². The topological polar surface area (TPSA) is 56.0 Å². The van der Waals surface area contributed by atoms with E-state index in [0.717, 1.165) is 5.56 Å². The first kappa shape index (κ1) is 8.87. The number of nitrogens with zero attached hydrogens (tertiary/aromatic N) is 1. The number of hydrogen-bond donors (Lipinski definition) is 1. The molecule has 3 nitrogen and oxygen atoms in total. The van der Waals surface area contributed by atoms with E-state index in [1.54, 1.807) is 12.4 Å². The molecule has 0 saturated heterocycles. The number of carbonyl (C=O) groups excluding carboxylic acids is 1. The summed E-state index contributed by atoms with van der Waals surface area (Å²) in [5.74, 6) is 0.0128. The molecule has 12 heavy (non-hydrogen) atoms. The van der Waals surface area contributed by atoms with Gasteiger partial charge in [0.1, 0.15) is 5.78 Å². The van der Waals surface area contributed by atoms with Gasteiger partial charge >= 0.3 is 0 Å². The third-order valence-corrected chi connectivity index (χ3v) is 1.70. The highest BCUT2D eigenvalue weighted by Gasteiger charge is 2.07. The Bertz CT molecular complexity index is 258. The number of aromatic nitrogens is 1. The van der Waals surface area contributed by atoms with Crippen LogP contribution in [0.2, 0.25) is 0 Å². The molecule has 0 aromatic carbocycles. The highest BCUT2D eigenvalue weighted by molar-refractivity contribution is 5.81. The Kier molecular flexibility index (Phi) is 2.94. The van der Waals surface area contributed by atoms with Gasteiger partial charge in [0.05, 0.1) is 6.04 Å². The van der Waals surface area contributed by atoms with Crippen LogP contribution in [0.1, 0.15) is 12.5 Å². The highest BCUT2D eigenvalue weighted by Crippen LogP contribution is 1.99. The Labute approximate surface area is 71.6 Å². The van der Waals surface area contributed by atoms with Gasteiger partial charge in [0.2, 0.25) is 0 Å². The van der Waals surface area contributed by atoms with E-state index in [0.29, 0.717) is 6.42 Å². The maximum absolute atomic E-state index is 10.8. The minimum Gasteiger partial charge on any atom is -0.321 e. The molecular weight excluding hydrogens is 152 g/mol. The van der Waals surface area contributed by atoms with Gasteiger partial charge in [-0.2, -0.15) is 0 Å². The number of ketones is 1. The van der Waals surface area contributed by atoms with Crippen molar-refractivity contribution in [2.75, 3.05) is 0 Å². The van der Waals surface area contributed by atoms with Crippen LogP contribution in [0.3, 0.4) is 0 Å². The van der Waals surface area contributed by atoms with Crippen molar-refractivity contribution in [3.63, 3.8) is 0 Å². The summed E-state index contributed by atoms with van der Waals surface area (Å²) in [6.45, 7) is 1.50. The standard InChI is InChI=1S/C9H12N2O/c1-7(12)9(10)5-8-3-2-4-11-6-8/h2-4,6,9H,5,10H2,1H3/t9-/m0/s1. The molecule has 1 rings (SSSR count). The SMILES string of the molecule is CC(=O)[C@@H](N)Cc1cccnc1. The van der Waals surface area contributed by atoms with E-state index in [1.165, 1.54) is 6.92 Å². The average Bonchev–Trinajstić information content (AvgIpc) is 2.06. The van der Waals surface area contributed by atoms with Crippen molar-refractivity contribution in [1.82, 2.24) is 4.98 Å². The first-order valence-corrected chi connectivity index (χ1v) is 3.85. The predicted molar refractivity (Wildman–Crippen MR) is 46.6 cm³/mol. The third kappa shape index (κ3) is 2.43. The number of hydrogen-bond acceptors (Lipinski definition) is 3. The smallest absolute Gasteiger partial charge is 0.146 e. The lowest BCUT2D eigenvalue weighted by Gasteiger charge is -2.05. The summed E-state index contributed by atoms with van der Waals surface area (Å²) in [6, 6.07) is 3.35. The van der Waals surface area contributed by atoms with Crippen LogP contribution in [0.5, 0.6) is 0 Å². The van der Waals surface area contributed by atoms with Crippen molar-refractivity contribution in [3.8, 4) is 0 Å². The zero-order valence-electron chi connectivity index (χ0n) is 7.03. The molecule has 0 aliphatic carbocycles. The summed E-state index contributed by atoms with van der Waals surface area (Å²) in [5, 5.41) is 0. The molecule has 1 aromatic heterocycles. The summed E-state index contributed by atoms with van der Waals surface area (Å²) in [7, 11) is 0. The Balaban J connectivity index is 2.58. The minimum absolute atomic E-state index is 0.0128. The molecule has 0 saturated carbocycles. The fourth-order valence-electron chi connectivity index (χ4n) is 0.917. The Morgan fingerprint density at radius 1 is 1.75 bits per heavy atom. The lowest BCUT2D eigenvalue weighted by Crippen LogP contribution is -2.30. The number of Topliss-reactive ketones (excluding diaryl/α,β-unsaturated/α-hetero) is 1. The maximum Gasteiger partial charge on any atom is 0.146 e. The summed E-state index contributed by atoms with van der Waals surface area (Å²) in [4.78, 5) is 14.7. The van der Waals surface area contributed by atoms with Crippen LogP contribution in [0.15, 0.2) is 24.5 Å². The molecule has 0 unspecified atom stereocenters. The molecule has 0 spiro atoms. The molecule has 1 heterocycles. The predicted octanol–water partition coefficient (Wildman–Crippen LogP) is 0.540. The molecule has 0 aliphatic heterocycles. The second-order valence-electron chi connectivity index (χ2n) is 2.78. The van der Waals surface area contributed by atoms with Crippen molar-refractivity contribution in [2.45, 2.75) is 19.4 Å². The molecule has 1 atom stereocenters. The van der Waals surface area contributed by atoms with Crippen LogP contribution in [0.4, 0.5) is 0 Å². The summed E-state index contributed by atoms with van der Waals surface area (Å²) in [6.07, 6.45) is 3.99. The van der Waals surface area contributed by atoms with E-state index in [2.05, 4.69) is 4.98 Å². The lowest BCUT2D eigenvalue weighted by atomic mass is 10.1. The van der Waals surface area contributed by atoms with Gasteiger partial charge in [-0.15, -0.1) is 0 Å². The Morgan fingerprint density at radius 3 is 3.00 bits per heavy atom. The minimum atomic E-state index is -0.394. The molecule has 2 N–H and O–H groups in total. The van der Waals surface area contributed by atoms with Gasteiger partial charge in [0.25, 0.3) is 0 Å². The molecule has 0 aliphatic rings. The van der Waals surface area contributed by atoms with Crippen LogP contribution >= 0.6 is 0 Å². The number of carbonyl (C=O) groups is 1. The van der Waals surface area contributed by atoms with E-state index < -0.39 is 6.04 Å². The first-order chi connectivity index (χ1) is 5.70. The van der Waals surface area contributed by atoms with Gasteiger partial charge in [-0.1, -0.05) is 6.07 Å². The molecule has 64 valence electrons. The first-order valence-electron chi connectivity index (χ1n) is 3.85. The van der Waals surface area contributed by atoms with Crippen LogP contribution in [-0.2, 0) is 11.2 Å². The molecule has 0 fully saturated rings. The van der Waals surface area contributed by atoms with Crippen molar-refractivity contribution >= 4 is 5.78 Å². The fraction of sp³-hybridized carbons (Fsp3) is 0.333. The second kappa shape index (κ2) is 3.97. The van der Waals surface area contributed by atoms with Crippen molar-refractivity contribution in [1.29, 1.82) is 0 Å². The highest BCUT2D eigenvalue weighted by atomic mass is 16.1. The monoisotopic (exact) mass is 164 g/mol. The van der Waals surface area contributed by atoms with Crippen molar-refractivity contribution in [3.05, 3.63) is 30.1 Å². The zero-order chi connectivity index (χ0) is 8.97. The molecular formula is C9H12N2O. The van der Waals surface area contributed by atoms with Crippen LogP contribution in [-0.4, -0.2) is 16.8 Å². The summed E-state index contributed by atoms with van der Waals surface area (Å²) >= 11 is 0. The van der Waals surface area contributed by atoms with E-state index in [9.17, 15) is 4.79 Å². The van der Waals surface area contributed by atoms with E-state index >= 15 is 0 Å². The van der Waals surface area contributed by atoms with Crippen LogP contribution < -0.4 is 5.73 Å². The van der Waals surface area contributed by atoms with Crippen LogP contribution in [0, 0.1) is 0 Å². The molecule has 1 aromatic rings. The molecule has 3 heteroatoms. The van der Waals surface area contributed by atoms with E-state index in [1.807, 2.05) is 12.1 Å². The van der Waals surface area contributed by atoms with Crippen molar-refractivity contribution < 1.29 is 4.79 Å². The van der Waals surface area contributed by atoms with Gasteiger partial charge < -0.3 is 5.73 Å². The van der Waals surface area contributed by atoms with Gasteiger partial charge in [0.15, 0.2) is 0 Å². The number of rotatable bonds is 3. The summed E-state index contributed by atoms with van der Waals surface area (Å²) < 4.78 is 0. The van der Waals surface area contributed by atoms with Gasteiger partial charge in [0, 0.05) is 12.4 Å².